The highest BCUT2D eigenvalue weighted by atomic mass is 127. The number of nitrogens with two attached hydrogens (primary N) is 1. The number of hydrazine groups is 1. The molecule has 0 bridgehead atoms. The number of benzene rings is 1. The van der Waals surface area contributed by atoms with Gasteiger partial charge in [-0.25, -0.2) is 0 Å². The molecule has 0 saturated heterocycles. The first-order valence-corrected chi connectivity index (χ1v) is 5.51. The molecule has 3 heteroatoms. The fraction of sp³-hybridized carbons (Fsp3) is 0.273. The standard InChI is InChI=1S/C11H13IN2/c1-2-3-7-11(14-13)9-5-4-6-10(12)8-9/h1,4-6,8,11,14H,3,7,13H2. The molecular formula is C11H13IN2. The Morgan fingerprint density at radius 1 is 1.57 bits per heavy atom. The van der Waals surface area contributed by atoms with Crippen LogP contribution < -0.4 is 11.3 Å². The summed E-state index contributed by atoms with van der Waals surface area (Å²) in [4.78, 5) is 0. The van der Waals surface area contributed by atoms with E-state index in [0.29, 0.717) is 0 Å². The van der Waals surface area contributed by atoms with Crippen molar-refractivity contribution in [3.8, 4) is 12.3 Å². The largest absolute Gasteiger partial charge is 0.271 e. The highest BCUT2D eigenvalue weighted by Gasteiger charge is 2.08. The summed E-state index contributed by atoms with van der Waals surface area (Å²) in [7, 11) is 0. The normalized spacial score (nSPS) is 12.1. The predicted molar refractivity (Wildman–Crippen MR) is 67.3 cm³/mol. The van der Waals surface area contributed by atoms with E-state index in [1.54, 1.807) is 0 Å². The van der Waals surface area contributed by atoms with Gasteiger partial charge in [-0.15, -0.1) is 12.3 Å². The molecule has 1 unspecified atom stereocenters. The Morgan fingerprint density at radius 3 is 2.93 bits per heavy atom. The molecule has 0 amide bonds. The Balaban J connectivity index is 2.74. The molecular weight excluding hydrogens is 287 g/mol. The zero-order valence-electron chi connectivity index (χ0n) is 7.83. The zero-order valence-corrected chi connectivity index (χ0v) is 9.99. The van der Waals surface area contributed by atoms with E-state index >= 15 is 0 Å². The third-order valence-corrected chi connectivity index (χ3v) is 2.70. The van der Waals surface area contributed by atoms with Gasteiger partial charge >= 0.3 is 0 Å². The molecule has 1 aromatic carbocycles. The maximum atomic E-state index is 5.47. The van der Waals surface area contributed by atoms with Gasteiger partial charge < -0.3 is 0 Å². The van der Waals surface area contributed by atoms with E-state index in [1.807, 2.05) is 6.07 Å². The number of hydrogen-bond acceptors (Lipinski definition) is 2. The van der Waals surface area contributed by atoms with Crippen molar-refractivity contribution in [2.75, 3.05) is 0 Å². The van der Waals surface area contributed by atoms with Crippen molar-refractivity contribution < 1.29 is 0 Å². The maximum Gasteiger partial charge on any atom is 0.0469 e. The Labute approximate surface area is 98.4 Å². The van der Waals surface area contributed by atoms with Crippen molar-refractivity contribution in [2.24, 2.45) is 5.84 Å². The number of nitrogens with one attached hydrogen (secondary N) is 1. The van der Waals surface area contributed by atoms with Crippen LogP contribution in [0.25, 0.3) is 0 Å². The maximum absolute atomic E-state index is 5.47. The summed E-state index contributed by atoms with van der Waals surface area (Å²) in [5.41, 5.74) is 3.97. The number of terminal acetylenes is 1. The molecule has 1 rings (SSSR count). The molecule has 74 valence electrons. The fourth-order valence-corrected chi connectivity index (χ4v) is 1.86. The van der Waals surface area contributed by atoms with Gasteiger partial charge in [0.15, 0.2) is 0 Å². The average molecular weight is 300 g/mol. The van der Waals surface area contributed by atoms with Gasteiger partial charge in [0, 0.05) is 16.0 Å². The topological polar surface area (TPSA) is 38.0 Å². The van der Waals surface area contributed by atoms with E-state index in [4.69, 9.17) is 12.3 Å². The first-order valence-electron chi connectivity index (χ1n) is 4.43. The van der Waals surface area contributed by atoms with Crippen LogP contribution in [0.4, 0.5) is 0 Å². The van der Waals surface area contributed by atoms with Gasteiger partial charge in [0.1, 0.15) is 0 Å². The molecule has 14 heavy (non-hydrogen) atoms. The highest BCUT2D eigenvalue weighted by Crippen LogP contribution is 2.19. The van der Waals surface area contributed by atoms with E-state index in [2.05, 4.69) is 52.1 Å². The van der Waals surface area contributed by atoms with Crippen molar-refractivity contribution in [1.82, 2.24) is 5.43 Å². The monoisotopic (exact) mass is 300 g/mol. The summed E-state index contributed by atoms with van der Waals surface area (Å²) >= 11 is 2.28. The van der Waals surface area contributed by atoms with Crippen molar-refractivity contribution in [2.45, 2.75) is 18.9 Å². The molecule has 0 aliphatic carbocycles. The molecule has 1 aromatic rings. The van der Waals surface area contributed by atoms with Crippen LogP contribution in [0.15, 0.2) is 24.3 Å². The molecule has 2 nitrogen and oxygen atoms in total. The molecule has 0 aliphatic rings. The van der Waals surface area contributed by atoms with Gasteiger partial charge in [-0.1, -0.05) is 12.1 Å². The van der Waals surface area contributed by atoms with Crippen LogP contribution in [0, 0.1) is 15.9 Å². The van der Waals surface area contributed by atoms with Crippen LogP contribution in [-0.2, 0) is 0 Å². The SMILES string of the molecule is C#CCCC(NN)c1cccc(I)c1. The summed E-state index contributed by atoms with van der Waals surface area (Å²) in [5, 5.41) is 0. The first kappa shape index (κ1) is 11.5. The molecule has 0 heterocycles. The number of halogens is 1. The second kappa shape index (κ2) is 6.02. The van der Waals surface area contributed by atoms with Crippen LogP contribution in [0.2, 0.25) is 0 Å². The summed E-state index contributed by atoms with van der Waals surface area (Å²) in [6.07, 6.45) is 6.82. The second-order valence-electron chi connectivity index (χ2n) is 3.02. The summed E-state index contributed by atoms with van der Waals surface area (Å²) < 4.78 is 1.21. The zero-order chi connectivity index (χ0) is 10.4. The fourth-order valence-electron chi connectivity index (χ4n) is 1.30. The summed E-state index contributed by atoms with van der Waals surface area (Å²) in [5.74, 6) is 8.09. The van der Waals surface area contributed by atoms with Gasteiger partial charge in [0.2, 0.25) is 0 Å². The highest BCUT2D eigenvalue weighted by molar-refractivity contribution is 14.1. The van der Waals surface area contributed by atoms with Crippen molar-refractivity contribution >= 4 is 22.6 Å². The van der Waals surface area contributed by atoms with Crippen LogP contribution in [-0.4, -0.2) is 0 Å². The second-order valence-corrected chi connectivity index (χ2v) is 4.26. The molecule has 1 atom stereocenters. The number of rotatable bonds is 4. The minimum atomic E-state index is 0.153. The predicted octanol–water partition coefficient (Wildman–Crippen LogP) is 2.21. The Bertz CT molecular complexity index is 330. The van der Waals surface area contributed by atoms with Crippen LogP contribution in [0.5, 0.6) is 0 Å². The first-order chi connectivity index (χ1) is 6.77. The van der Waals surface area contributed by atoms with Crippen molar-refractivity contribution in [3.63, 3.8) is 0 Å². The van der Waals surface area contributed by atoms with Gasteiger partial charge in [-0.3, -0.25) is 11.3 Å². The van der Waals surface area contributed by atoms with E-state index in [0.717, 1.165) is 12.8 Å². The van der Waals surface area contributed by atoms with Crippen LogP contribution in [0.1, 0.15) is 24.4 Å². The van der Waals surface area contributed by atoms with Gasteiger partial charge in [-0.05, 0) is 46.7 Å². The Kier molecular flexibility index (Phi) is 4.94. The lowest BCUT2D eigenvalue weighted by Gasteiger charge is -2.14. The van der Waals surface area contributed by atoms with Crippen LogP contribution in [0.3, 0.4) is 0 Å². The Hall–Kier alpha value is -0.570. The molecule has 0 spiro atoms. The molecule has 0 aromatic heterocycles. The summed E-state index contributed by atoms with van der Waals surface area (Å²) in [6, 6.07) is 8.40. The Morgan fingerprint density at radius 2 is 2.36 bits per heavy atom. The van der Waals surface area contributed by atoms with E-state index in [9.17, 15) is 0 Å². The van der Waals surface area contributed by atoms with E-state index < -0.39 is 0 Å². The molecule has 0 aliphatic heterocycles. The van der Waals surface area contributed by atoms with E-state index in [-0.39, 0.29) is 6.04 Å². The van der Waals surface area contributed by atoms with Crippen molar-refractivity contribution in [1.29, 1.82) is 0 Å². The quantitative estimate of drug-likeness (QED) is 0.387. The van der Waals surface area contributed by atoms with Gasteiger partial charge in [-0.2, -0.15) is 0 Å². The minimum Gasteiger partial charge on any atom is -0.271 e. The van der Waals surface area contributed by atoms with Crippen LogP contribution >= 0.6 is 22.6 Å². The molecule has 3 N–H and O–H groups in total. The lowest BCUT2D eigenvalue weighted by atomic mass is 10.0. The third kappa shape index (κ3) is 3.29. The molecule has 0 fully saturated rings. The lowest BCUT2D eigenvalue weighted by molar-refractivity contribution is 0.523. The summed E-state index contributed by atoms with van der Waals surface area (Å²) in [6.45, 7) is 0. The van der Waals surface area contributed by atoms with E-state index in [1.165, 1.54) is 9.13 Å². The third-order valence-electron chi connectivity index (χ3n) is 2.03. The van der Waals surface area contributed by atoms with Crippen molar-refractivity contribution in [3.05, 3.63) is 33.4 Å². The minimum absolute atomic E-state index is 0.153. The lowest BCUT2D eigenvalue weighted by Crippen LogP contribution is -2.27. The average Bonchev–Trinajstić information content (AvgIpc) is 2.19. The smallest absolute Gasteiger partial charge is 0.0469 e. The number of hydrogen-bond donors (Lipinski definition) is 2. The molecule has 0 saturated carbocycles. The van der Waals surface area contributed by atoms with Gasteiger partial charge in [0.05, 0.1) is 0 Å². The van der Waals surface area contributed by atoms with Gasteiger partial charge in [0.25, 0.3) is 0 Å². The molecule has 0 radical (unpaired) electrons.